The van der Waals surface area contributed by atoms with Gasteiger partial charge in [0.25, 0.3) is 0 Å². The van der Waals surface area contributed by atoms with Crippen LogP contribution in [-0.2, 0) is 25.0 Å². The van der Waals surface area contributed by atoms with Crippen LogP contribution in [0, 0.1) is 17.3 Å². The van der Waals surface area contributed by atoms with Crippen molar-refractivity contribution in [3.63, 3.8) is 0 Å². The van der Waals surface area contributed by atoms with Gasteiger partial charge in [0, 0.05) is 42.8 Å². The number of anilines is 1. The lowest BCUT2D eigenvalue weighted by Gasteiger charge is -2.13. The Morgan fingerprint density at radius 1 is 1.28 bits per heavy atom. The van der Waals surface area contributed by atoms with E-state index in [-0.39, 0.29) is 12.3 Å². The van der Waals surface area contributed by atoms with Gasteiger partial charge in [0.2, 0.25) is 0 Å². The van der Waals surface area contributed by atoms with E-state index in [1.165, 1.54) is 6.21 Å². The molecule has 0 aliphatic rings. The summed E-state index contributed by atoms with van der Waals surface area (Å²) in [6.07, 6.45) is 5.04. The Labute approximate surface area is 187 Å². The minimum atomic E-state index is -0.876. The van der Waals surface area contributed by atoms with Gasteiger partial charge >= 0.3 is 5.97 Å². The number of aliphatic carboxylic acids is 1. The lowest BCUT2D eigenvalue weighted by molar-refractivity contribution is -0.137. The third-order valence-corrected chi connectivity index (χ3v) is 4.90. The van der Waals surface area contributed by atoms with Gasteiger partial charge in [-0.15, -0.1) is 5.92 Å². The van der Waals surface area contributed by atoms with Gasteiger partial charge in [0.05, 0.1) is 18.5 Å². The molecule has 0 amide bonds. The Kier molecular flexibility index (Phi) is 7.65. The first kappa shape index (κ1) is 22.6. The third-order valence-electron chi connectivity index (χ3n) is 4.90. The van der Waals surface area contributed by atoms with Crippen molar-refractivity contribution >= 4 is 17.9 Å². The zero-order valence-corrected chi connectivity index (χ0v) is 18.1. The molecule has 1 unspecified atom stereocenters. The quantitative estimate of drug-likeness (QED) is 0.331. The van der Waals surface area contributed by atoms with E-state index < -0.39 is 5.97 Å². The van der Waals surface area contributed by atoms with Crippen molar-refractivity contribution < 1.29 is 14.6 Å². The summed E-state index contributed by atoms with van der Waals surface area (Å²) in [5.41, 5.74) is 4.53. The predicted octanol–water partition coefficient (Wildman–Crippen LogP) is 4.19. The number of aromatic nitrogens is 2. The van der Waals surface area contributed by atoms with Gasteiger partial charge < -0.3 is 20.6 Å². The lowest BCUT2D eigenvalue weighted by atomic mass is 9.96. The molecule has 0 bridgehead atoms. The van der Waals surface area contributed by atoms with Crippen molar-refractivity contribution in [1.82, 2.24) is 9.78 Å². The van der Waals surface area contributed by atoms with Crippen molar-refractivity contribution in [2.45, 2.75) is 32.4 Å². The number of nitrogens with one attached hydrogen (secondary N) is 2. The van der Waals surface area contributed by atoms with Crippen LogP contribution in [0.3, 0.4) is 0 Å². The summed E-state index contributed by atoms with van der Waals surface area (Å²) in [6, 6.07) is 13.2. The van der Waals surface area contributed by atoms with Crippen LogP contribution in [0.25, 0.3) is 0 Å². The van der Waals surface area contributed by atoms with Gasteiger partial charge in [-0.2, -0.15) is 5.10 Å². The smallest absolute Gasteiger partial charge is 0.304 e. The van der Waals surface area contributed by atoms with Gasteiger partial charge in [-0.1, -0.05) is 30.2 Å². The number of benzene rings is 2. The van der Waals surface area contributed by atoms with E-state index in [0.29, 0.717) is 18.9 Å². The van der Waals surface area contributed by atoms with Gasteiger partial charge in [0.1, 0.15) is 12.4 Å². The molecule has 1 atom stereocenters. The Hall–Kier alpha value is -4.05. The number of hydrogen-bond donors (Lipinski definition) is 3. The summed E-state index contributed by atoms with van der Waals surface area (Å²) in [5, 5.41) is 24.3. The fourth-order valence-electron chi connectivity index (χ4n) is 3.30. The van der Waals surface area contributed by atoms with E-state index in [4.69, 9.17) is 15.3 Å². The van der Waals surface area contributed by atoms with E-state index >= 15 is 0 Å². The Morgan fingerprint density at radius 2 is 2.06 bits per heavy atom. The van der Waals surface area contributed by atoms with Crippen molar-refractivity contribution in [3.05, 3.63) is 77.1 Å². The zero-order chi connectivity index (χ0) is 22.9. The summed E-state index contributed by atoms with van der Waals surface area (Å²) < 4.78 is 7.66. The second-order valence-corrected chi connectivity index (χ2v) is 7.34. The highest BCUT2D eigenvalue weighted by molar-refractivity contribution is 5.86. The molecule has 0 fully saturated rings. The van der Waals surface area contributed by atoms with Crippen molar-refractivity contribution in [3.8, 4) is 17.6 Å². The molecule has 1 heterocycles. The molecular weight excluding hydrogens is 404 g/mol. The number of nitrogens with zero attached hydrogens (tertiary/aromatic N) is 2. The highest BCUT2D eigenvalue weighted by atomic mass is 16.5. The maximum atomic E-state index is 11.1. The zero-order valence-electron chi connectivity index (χ0n) is 18.1. The molecule has 3 rings (SSSR count). The number of aryl methyl sites for hydroxylation is 1. The molecular formula is C25H26N4O3. The van der Waals surface area contributed by atoms with Crippen LogP contribution in [0.2, 0.25) is 0 Å². The summed E-state index contributed by atoms with van der Waals surface area (Å²) in [6.45, 7) is 2.68. The molecule has 0 saturated carbocycles. The molecule has 0 spiro atoms. The summed E-state index contributed by atoms with van der Waals surface area (Å²) in [5.74, 6) is 5.22. The van der Waals surface area contributed by atoms with Crippen molar-refractivity contribution in [2.24, 2.45) is 7.05 Å². The number of carbonyl (C=O) groups is 1. The van der Waals surface area contributed by atoms with Crippen molar-refractivity contribution in [2.75, 3.05) is 5.32 Å². The Morgan fingerprint density at radius 3 is 2.69 bits per heavy atom. The largest absolute Gasteiger partial charge is 0.489 e. The van der Waals surface area contributed by atoms with Gasteiger partial charge in [-0.05, 0) is 36.2 Å². The van der Waals surface area contributed by atoms with Crippen LogP contribution >= 0.6 is 0 Å². The first-order chi connectivity index (χ1) is 15.5. The van der Waals surface area contributed by atoms with Crippen LogP contribution in [0.1, 0.15) is 41.5 Å². The molecule has 0 radical (unpaired) electrons. The number of carboxylic acids is 1. The number of hydrogen-bond acceptors (Lipinski definition) is 5. The summed E-state index contributed by atoms with van der Waals surface area (Å²) >= 11 is 0. The average Bonchev–Trinajstić information content (AvgIpc) is 3.21. The maximum Gasteiger partial charge on any atom is 0.304 e. The van der Waals surface area contributed by atoms with Crippen LogP contribution in [-0.4, -0.2) is 27.1 Å². The highest BCUT2D eigenvalue weighted by Gasteiger charge is 2.13. The average molecular weight is 431 g/mol. The molecule has 32 heavy (non-hydrogen) atoms. The minimum Gasteiger partial charge on any atom is -0.489 e. The van der Waals surface area contributed by atoms with Crippen molar-refractivity contribution in [1.29, 1.82) is 5.41 Å². The maximum absolute atomic E-state index is 11.1. The lowest BCUT2D eigenvalue weighted by Crippen LogP contribution is -2.05. The van der Waals surface area contributed by atoms with Crippen LogP contribution < -0.4 is 10.1 Å². The first-order valence-electron chi connectivity index (χ1n) is 10.2. The standard InChI is InChI=1S/C25H26N4O3/c1-3-4-21(12-25(30)31)20-7-9-23(10-8-20)32-17-18-5-6-22(13-26)24(11-18)27-14-19-15-28-29(2)16-19/h5-11,13,15-16,21,26-27H,12,14,17H2,1-2H3,(H,30,31). The van der Waals surface area contributed by atoms with E-state index in [1.54, 1.807) is 17.8 Å². The van der Waals surface area contributed by atoms with E-state index in [1.807, 2.05) is 55.7 Å². The van der Waals surface area contributed by atoms with Crippen LogP contribution in [0.15, 0.2) is 54.9 Å². The van der Waals surface area contributed by atoms with Crippen LogP contribution in [0.4, 0.5) is 5.69 Å². The monoisotopic (exact) mass is 430 g/mol. The summed E-state index contributed by atoms with van der Waals surface area (Å²) in [7, 11) is 1.88. The highest BCUT2D eigenvalue weighted by Crippen LogP contribution is 2.23. The molecule has 3 N–H and O–H groups in total. The second kappa shape index (κ2) is 10.8. The number of rotatable bonds is 10. The SMILES string of the molecule is CC#CC(CC(=O)O)c1ccc(OCc2ccc(C=N)c(NCc3cnn(C)c3)c2)cc1. The fourth-order valence-corrected chi connectivity index (χ4v) is 3.30. The Balaban J connectivity index is 1.65. The van der Waals surface area contributed by atoms with Crippen LogP contribution in [0.5, 0.6) is 5.75 Å². The van der Waals surface area contributed by atoms with E-state index in [9.17, 15) is 4.79 Å². The third kappa shape index (κ3) is 6.22. The minimum absolute atomic E-state index is 0.0325. The molecule has 3 aromatic rings. The number of ether oxygens (including phenoxy) is 1. The number of carboxylic acid groups (broad SMARTS) is 1. The van der Waals surface area contributed by atoms with Gasteiger partial charge in [0.15, 0.2) is 0 Å². The molecule has 0 aliphatic carbocycles. The molecule has 7 nitrogen and oxygen atoms in total. The molecule has 164 valence electrons. The molecule has 0 saturated heterocycles. The second-order valence-electron chi connectivity index (χ2n) is 7.34. The molecule has 1 aromatic heterocycles. The molecule has 7 heteroatoms. The summed E-state index contributed by atoms with van der Waals surface area (Å²) in [4.78, 5) is 11.1. The molecule has 2 aromatic carbocycles. The predicted molar refractivity (Wildman–Crippen MR) is 124 cm³/mol. The topological polar surface area (TPSA) is 100 Å². The van der Waals surface area contributed by atoms with Gasteiger partial charge in [-0.25, -0.2) is 0 Å². The fraction of sp³-hybridized carbons (Fsp3) is 0.240. The van der Waals surface area contributed by atoms with Gasteiger partial charge in [-0.3, -0.25) is 9.48 Å². The first-order valence-corrected chi connectivity index (χ1v) is 10.2. The normalized spacial score (nSPS) is 11.2. The van der Waals surface area contributed by atoms with E-state index in [0.717, 1.165) is 27.9 Å². The Bertz CT molecular complexity index is 1140. The van der Waals surface area contributed by atoms with E-state index in [2.05, 4.69) is 22.3 Å². The molecule has 0 aliphatic heterocycles.